The minimum Gasteiger partial charge on any atom is -0.295 e. The first-order chi connectivity index (χ1) is 9.39. The van der Waals surface area contributed by atoms with E-state index >= 15 is 0 Å². The second kappa shape index (κ2) is 12.2. The maximum atomic E-state index is 11.6. The average Bonchev–Trinajstić information content (AvgIpc) is 2.41. The van der Waals surface area contributed by atoms with Crippen molar-refractivity contribution in [2.24, 2.45) is 0 Å². The molecule has 1 heteroatoms. The van der Waals surface area contributed by atoms with Gasteiger partial charge in [0.05, 0.1) is 0 Å². The van der Waals surface area contributed by atoms with Crippen LogP contribution in [0.5, 0.6) is 0 Å². The van der Waals surface area contributed by atoms with E-state index in [1.54, 1.807) is 0 Å². The smallest absolute Gasteiger partial charge is 0.155 e. The van der Waals surface area contributed by atoms with Gasteiger partial charge in [-0.3, -0.25) is 4.79 Å². The SMILES string of the molecule is O=C1/C=C/CCCCCC/C=C\CCCCCCC1. The molecule has 0 amide bonds. The summed E-state index contributed by atoms with van der Waals surface area (Å²) in [6, 6.07) is 0. The fraction of sp³-hybridized carbons (Fsp3) is 0.722. The lowest BCUT2D eigenvalue weighted by Gasteiger charge is -2.00. The lowest BCUT2D eigenvalue weighted by Crippen LogP contribution is -1.92. The molecule has 0 aliphatic heterocycles. The Kier molecular flexibility index (Phi) is 10.4. The zero-order chi connectivity index (χ0) is 13.6. The lowest BCUT2D eigenvalue weighted by atomic mass is 10.1. The van der Waals surface area contributed by atoms with E-state index < -0.39 is 0 Å². The molecular weight excluding hydrogens is 232 g/mol. The zero-order valence-electron chi connectivity index (χ0n) is 12.4. The van der Waals surface area contributed by atoms with Crippen LogP contribution in [0.3, 0.4) is 0 Å². The normalized spacial score (nSPS) is 25.2. The molecule has 0 spiro atoms. The molecule has 0 unspecified atom stereocenters. The van der Waals surface area contributed by atoms with Crippen molar-refractivity contribution >= 4 is 5.78 Å². The zero-order valence-corrected chi connectivity index (χ0v) is 12.4. The van der Waals surface area contributed by atoms with Gasteiger partial charge in [-0.15, -0.1) is 0 Å². The molecule has 0 saturated carbocycles. The van der Waals surface area contributed by atoms with Gasteiger partial charge in [-0.25, -0.2) is 0 Å². The molecule has 0 heterocycles. The summed E-state index contributed by atoms with van der Waals surface area (Å²) in [5.41, 5.74) is 0. The van der Waals surface area contributed by atoms with Gasteiger partial charge in [0.2, 0.25) is 0 Å². The van der Waals surface area contributed by atoms with E-state index in [1.165, 1.54) is 64.2 Å². The van der Waals surface area contributed by atoms with E-state index in [9.17, 15) is 4.79 Å². The second-order valence-corrected chi connectivity index (χ2v) is 5.64. The van der Waals surface area contributed by atoms with Crippen molar-refractivity contribution < 1.29 is 4.79 Å². The third kappa shape index (κ3) is 10.7. The molecule has 0 bridgehead atoms. The second-order valence-electron chi connectivity index (χ2n) is 5.64. The minimum atomic E-state index is 0.323. The first-order valence-corrected chi connectivity index (χ1v) is 8.24. The molecule has 0 aromatic carbocycles. The number of hydrogen-bond donors (Lipinski definition) is 0. The highest BCUT2D eigenvalue weighted by Gasteiger charge is 1.97. The van der Waals surface area contributed by atoms with Crippen molar-refractivity contribution in [2.75, 3.05) is 0 Å². The highest BCUT2D eigenvalue weighted by molar-refractivity contribution is 5.89. The quantitative estimate of drug-likeness (QED) is 0.508. The van der Waals surface area contributed by atoms with Crippen LogP contribution in [0, 0.1) is 0 Å². The predicted octanol–water partition coefficient (Wildman–Crippen LogP) is 5.75. The monoisotopic (exact) mass is 262 g/mol. The Hall–Kier alpha value is -0.850. The van der Waals surface area contributed by atoms with E-state index in [2.05, 4.69) is 18.2 Å². The molecule has 19 heavy (non-hydrogen) atoms. The number of rotatable bonds is 0. The Morgan fingerprint density at radius 3 is 1.68 bits per heavy atom. The first kappa shape index (κ1) is 16.2. The molecular formula is C18H30O. The summed E-state index contributed by atoms with van der Waals surface area (Å²) in [4.78, 5) is 11.6. The molecule has 1 rings (SSSR count). The molecule has 1 nitrogen and oxygen atoms in total. The maximum absolute atomic E-state index is 11.6. The molecule has 0 aromatic heterocycles. The van der Waals surface area contributed by atoms with Crippen molar-refractivity contribution in [1.82, 2.24) is 0 Å². The van der Waals surface area contributed by atoms with Crippen LogP contribution < -0.4 is 0 Å². The summed E-state index contributed by atoms with van der Waals surface area (Å²) < 4.78 is 0. The summed E-state index contributed by atoms with van der Waals surface area (Å²) in [7, 11) is 0. The Morgan fingerprint density at radius 2 is 1.05 bits per heavy atom. The summed E-state index contributed by atoms with van der Waals surface area (Å²) in [5, 5.41) is 0. The number of carbonyl (C=O) groups is 1. The molecule has 0 radical (unpaired) electrons. The highest BCUT2D eigenvalue weighted by atomic mass is 16.1. The fourth-order valence-corrected chi connectivity index (χ4v) is 2.50. The Morgan fingerprint density at radius 1 is 0.579 bits per heavy atom. The molecule has 108 valence electrons. The van der Waals surface area contributed by atoms with Gasteiger partial charge in [-0.2, -0.15) is 0 Å². The number of ketones is 1. The van der Waals surface area contributed by atoms with E-state index in [1.807, 2.05) is 6.08 Å². The van der Waals surface area contributed by atoms with Crippen LogP contribution in [0.2, 0.25) is 0 Å². The van der Waals surface area contributed by atoms with Gasteiger partial charge >= 0.3 is 0 Å². The van der Waals surface area contributed by atoms with Crippen molar-refractivity contribution in [3.05, 3.63) is 24.3 Å². The summed E-state index contributed by atoms with van der Waals surface area (Å²) >= 11 is 0. The van der Waals surface area contributed by atoms with Crippen LogP contribution >= 0.6 is 0 Å². The third-order valence-electron chi connectivity index (χ3n) is 3.76. The highest BCUT2D eigenvalue weighted by Crippen LogP contribution is 2.10. The third-order valence-corrected chi connectivity index (χ3v) is 3.76. The summed E-state index contributed by atoms with van der Waals surface area (Å²) in [6.07, 6.45) is 24.3. The van der Waals surface area contributed by atoms with E-state index in [0.717, 1.165) is 19.3 Å². The Labute approximate surface area is 119 Å². The Balaban J connectivity index is 2.22. The molecule has 1 aliphatic rings. The van der Waals surface area contributed by atoms with Crippen LogP contribution in [0.25, 0.3) is 0 Å². The largest absolute Gasteiger partial charge is 0.295 e. The number of allylic oxidation sites excluding steroid dienone is 4. The summed E-state index contributed by atoms with van der Waals surface area (Å²) in [5.74, 6) is 0.323. The number of carbonyl (C=O) groups excluding carboxylic acids is 1. The molecule has 0 N–H and O–H groups in total. The topological polar surface area (TPSA) is 17.1 Å². The van der Waals surface area contributed by atoms with Gasteiger partial charge in [0.1, 0.15) is 0 Å². The minimum absolute atomic E-state index is 0.323. The van der Waals surface area contributed by atoms with Gasteiger partial charge in [0.15, 0.2) is 5.78 Å². The summed E-state index contributed by atoms with van der Waals surface area (Å²) in [6.45, 7) is 0. The van der Waals surface area contributed by atoms with Crippen LogP contribution in [-0.2, 0) is 4.79 Å². The molecule has 1 aliphatic carbocycles. The predicted molar refractivity (Wildman–Crippen MR) is 83.3 cm³/mol. The van der Waals surface area contributed by atoms with E-state index in [0.29, 0.717) is 5.78 Å². The lowest BCUT2D eigenvalue weighted by molar-refractivity contribution is -0.114. The van der Waals surface area contributed by atoms with Gasteiger partial charge in [-0.1, -0.05) is 50.3 Å². The van der Waals surface area contributed by atoms with Gasteiger partial charge in [0, 0.05) is 6.42 Å². The first-order valence-electron chi connectivity index (χ1n) is 8.24. The van der Waals surface area contributed by atoms with Gasteiger partial charge < -0.3 is 0 Å². The van der Waals surface area contributed by atoms with Gasteiger partial charge in [0.25, 0.3) is 0 Å². The molecule has 0 fully saturated rings. The molecule has 0 atom stereocenters. The van der Waals surface area contributed by atoms with Crippen molar-refractivity contribution in [2.45, 2.75) is 83.5 Å². The van der Waals surface area contributed by atoms with E-state index in [-0.39, 0.29) is 0 Å². The van der Waals surface area contributed by atoms with Crippen LogP contribution in [0.15, 0.2) is 24.3 Å². The van der Waals surface area contributed by atoms with Gasteiger partial charge in [-0.05, 0) is 51.0 Å². The molecule has 0 aromatic rings. The standard InChI is InChI=1S/C18H30O/c19-18-16-14-12-10-8-6-4-2-1-3-5-7-9-11-13-15-17-18/h1-2,15,17H,3-14,16H2/b2-1-,17-15+. The van der Waals surface area contributed by atoms with Crippen molar-refractivity contribution in [3.63, 3.8) is 0 Å². The van der Waals surface area contributed by atoms with Crippen molar-refractivity contribution in [3.8, 4) is 0 Å². The van der Waals surface area contributed by atoms with Crippen molar-refractivity contribution in [1.29, 1.82) is 0 Å². The Bertz CT molecular complexity index is 275. The maximum Gasteiger partial charge on any atom is 0.155 e. The van der Waals surface area contributed by atoms with Crippen LogP contribution in [-0.4, -0.2) is 5.78 Å². The van der Waals surface area contributed by atoms with E-state index in [4.69, 9.17) is 0 Å². The van der Waals surface area contributed by atoms with Crippen LogP contribution in [0.4, 0.5) is 0 Å². The van der Waals surface area contributed by atoms with Crippen LogP contribution in [0.1, 0.15) is 83.5 Å². The number of hydrogen-bond acceptors (Lipinski definition) is 1. The molecule has 0 saturated heterocycles. The fourth-order valence-electron chi connectivity index (χ4n) is 2.50. The average molecular weight is 262 g/mol.